The zero-order valence-corrected chi connectivity index (χ0v) is 12.9. The molecule has 3 rings (SSSR count). The molecule has 0 aliphatic carbocycles. The van der Waals surface area contributed by atoms with Gasteiger partial charge in [-0.2, -0.15) is 26.3 Å². The Morgan fingerprint density at radius 3 is 2.00 bits per heavy atom. The van der Waals surface area contributed by atoms with Gasteiger partial charge in [-0.05, 0) is 18.2 Å². The molecule has 26 heavy (non-hydrogen) atoms. The summed E-state index contributed by atoms with van der Waals surface area (Å²) >= 11 is 0. The van der Waals surface area contributed by atoms with Gasteiger partial charge in [0.2, 0.25) is 0 Å². The summed E-state index contributed by atoms with van der Waals surface area (Å²) in [5.41, 5.74) is -1.94. The van der Waals surface area contributed by atoms with Crippen molar-refractivity contribution in [2.45, 2.75) is 18.9 Å². The van der Waals surface area contributed by atoms with Gasteiger partial charge in [0.15, 0.2) is 5.69 Å². The molecule has 4 nitrogen and oxygen atoms in total. The van der Waals surface area contributed by atoms with Gasteiger partial charge in [0.05, 0.1) is 12.1 Å². The SMILES string of the molecule is FC(F)(F)c1ccc(-c2nc(C(F)(F)F)cn2Cc2ncccn2)cc1. The van der Waals surface area contributed by atoms with E-state index in [4.69, 9.17) is 0 Å². The summed E-state index contributed by atoms with van der Waals surface area (Å²) in [7, 11) is 0. The average Bonchev–Trinajstić information content (AvgIpc) is 2.99. The number of benzene rings is 1. The van der Waals surface area contributed by atoms with Gasteiger partial charge in [-0.1, -0.05) is 12.1 Å². The second kappa shape index (κ2) is 6.43. The minimum absolute atomic E-state index is 0.111. The highest BCUT2D eigenvalue weighted by molar-refractivity contribution is 5.57. The van der Waals surface area contributed by atoms with Crippen molar-refractivity contribution < 1.29 is 26.3 Å². The van der Waals surface area contributed by atoms with Crippen LogP contribution >= 0.6 is 0 Å². The lowest BCUT2D eigenvalue weighted by molar-refractivity contribution is -0.141. The van der Waals surface area contributed by atoms with Crippen LogP contribution in [0.2, 0.25) is 0 Å². The van der Waals surface area contributed by atoms with Crippen LogP contribution < -0.4 is 0 Å². The summed E-state index contributed by atoms with van der Waals surface area (Å²) in [5, 5.41) is 0. The van der Waals surface area contributed by atoms with Crippen molar-refractivity contribution in [2.75, 3.05) is 0 Å². The molecule has 136 valence electrons. The quantitative estimate of drug-likeness (QED) is 0.639. The molecule has 0 radical (unpaired) electrons. The fraction of sp³-hybridized carbons (Fsp3) is 0.188. The Morgan fingerprint density at radius 2 is 1.46 bits per heavy atom. The lowest BCUT2D eigenvalue weighted by Crippen LogP contribution is -2.06. The summed E-state index contributed by atoms with van der Waals surface area (Å²) < 4.78 is 78.1. The molecular formula is C16H10F6N4. The fourth-order valence-electron chi connectivity index (χ4n) is 2.28. The second-order valence-corrected chi connectivity index (χ2v) is 5.32. The number of aromatic nitrogens is 4. The van der Waals surface area contributed by atoms with Crippen LogP contribution in [0.25, 0.3) is 11.4 Å². The molecule has 0 unspecified atom stereocenters. The van der Waals surface area contributed by atoms with Gasteiger partial charge in [0.25, 0.3) is 0 Å². The Balaban J connectivity index is 2.03. The number of hydrogen-bond donors (Lipinski definition) is 0. The predicted molar refractivity (Wildman–Crippen MR) is 78.8 cm³/mol. The van der Waals surface area contributed by atoms with Gasteiger partial charge in [-0.15, -0.1) is 0 Å². The molecule has 0 saturated carbocycles. The standard InChI is InChI=1S/C16H10F6N4/c17-15(18,19)11-4-2-10(3-5-11)14-25-12(16(20,21)22)8-26(14)9-13-23-6-1-7-24-13/h1-8H,9H2. The molecular weight excluding hydrogens is 362 g/mol. The van der Waals surface area contributed by atoms with Crippen molar-refractivity contribution in [3.8, 4) is 11.4 Å². The molecule has 0 N–H and O–H groups in total. The molecule has 10 heteroatoms. The summed E-state index contributed by atoms with van der Waals surface area (Å²) in [6.45, 7) is -0.111. The maximum absolute atomic E-state index is 13.0. The molecule has 2 heterocycles. The van der Waals surface area contributed by atoms with Crippen LogP contribution in [0.15, 0.2) is 48.9 Å². The Labute approximate surface area is 143 Å². The fourth-order valence-corrected chi connectivity index (χ4v) is 2.28. The normalized spacial score (nSPS) is 12.4. The number of imidazole rings is 1. The topological polar surface area (TPSA) is 43.6 Å². The van der Waals surface area contributed by atoms with Crippen LogP contribution in [0.1, 0.15) is 17.1 Å². The van der Waals surface area contributed by atoms with Crippen molar-refractivity contribution in [3.63, 3.8) is 0 Å². The largest absolute Gasteiger partial charge is 0.434 e. The van der Waals surface area contributed by atoms with Crippen molar-refractivity contribution in [2.24, 2.45) is 0 Å². The van der Waals surface area contributed by atoms with Crippen LogP contribution in [0, 0.1) is 0 Å². The third-order valence-corrected chi connectivity index (χ3v) is 3.47. The molecule has 0 saturated heterocycles. The highest BCUT2D eigenvalue weighted by atomic mass is 19.4. The minimum Gasteiger partial charge on any atom is -0.323 e. The maximum Gasteiger partial charge on any atom is 0.434 e. The molecule has 0 fully saturated rings. The molecule has 2 aromatic heterocycles. The van der Waals surface area contributed by atoms with E-state index in [1.807, 2.05) is 0 Å². The Kier molecular flexibility index (Phi) is 4.43. The van der Waals surface area contributed by atoms with E-state index in [9.17, 15) is 26.3 Å². The summed E-state index contributed by atoms with van der Waals surface area (Å²) in [6, 6.07) is 5.29. The van der Waals surface area contributed by atoms with Gasteiger partial charge >= 0.3 is 12.4 Å². The van der Waals surface area contributed by atoms with E-state index in [2.05, 4.69) is 15.0 Å². The summed E-state index contributed by atoms with van der Waals surface area (Å²) in [6.07, 6.45) is -5.58. The van der Waals surface area contributed by atoms with Gasteiger partial charge in [0.1, 0.15) is 11.6 Å². The van der Waals surface area contributed by atoms with Crippen molar-refractivity contribution in [1.82, 2.24) is 19.5 Å². The first-order valence-electron chi connectivity index (χ1n) is 7.22. The number of alkyl halides is 6. The Morgan fingerprint density at radius 1 is 0.846 bits per heavy atom. The molecule has 0 aliphatic rings. The Hall–Kier alpha value is -2.91. The summed E-state index contributed by atoms with van der Waals surface area (Å²) in [4.78, 5) is 11.4. The highest BCUT2D eigenvalue weighted by Gasteiger charge is 2.35. The van der Waals surface area contributed by atoms with E-state index in [0.717, 1.165) is 35.0 Å². The smallest absolute Gasteiger partial charge is 0.323 e. The van der Waals surface area contributed by atoms with E-state index >= 15 is 0 Å². The second-order valence-electron chi connectivity index (χ2n) is 5.32. The lowest BCUT2D eigenvalue weighted by atomic mass is 10.1. The first kappa shape index (κ1) is 17.9. The predicted octanol–water partition coefficient (Wildman–Crippen LogP) is 4.43. The van der Waals surface area contributed by atoms with Gasteiger partial charge in [-0.25, -0.2) is 15.0 Å². The molecule has 0 amide bonds. The van der Waals surface area contributed by atoms with E-state index in [1.165, 1.54) is 12.4 Å². The van der Waals surface area contributed by atoms with Crippen LogP contribution in [0.5, 0.6) is 0 Å². The number of halogens is 6. The first-order chi connectivity index (χ1) is 12.1. The third-order valence-electron chi connectivity index (χ3n) is 3.47. The highest BCUT2D eigenvalue weighted by Crippen LogP contribution is 2.33. The number of hydrogen-bond acceptors (Lipinski definition) is 3. The third kappa shape index (κ3) is 3.84. The van der Waals surface area contributed by atoms with Crippen LogP contribution in [-0.4, -0.2) is 19.5 Å². The van der Waals surface area contributed by atoms with Crippen LogP contribution in [0.3, 0.4) is 0 Å². The average molecular weight is 372 g/mol. The molecule has 0 spiro atoms. The number of nitrogens with zero attached hydrogens (tertiary/aromatic N) is 4. The van der Waals surface area contributed by atoms with Crippen molar-refractivity contribution in [3.05, 3.63) is 66.0 Å². The summed E-state index contributed by atoms with van der Waals surface area (Å²) in [5.74, 6) is 0.116. The van der Waals surface area contributed by atoms with Crippen molar-refractivity contribution >= 4 is 0 Å². The lowest BCUT2D eigenvalue weighted by Gasteiger charge is -2.09. The zero-order valence-electron chi connectivity index (χ0n) is 12.9. The maximum atomic E-state index is 13.0. The molecule has 0 atom stereocenters. The molecule has 0 aliphatic heterocycles. The van der Waals surface area contributed by atoms with Gasteiger partial charge in [0, 0.05) is 24.2 Å². The van der Waals surface area contributed by atoms with Crippen molar-refractivity contribution in [1.29, 1.82) is 0 Å². The van der Waals surface area contributed by atoms with E-state index in [1.54, 1.807) is 6.07 Å². The minimum atomic E-state index is -4.69. The van der Waals surface area contributed by atoms with Gasteiger partial charge < -0.3 is 4.57 Å². The van der Waals surface area contributed by atoms with E-state index < -0.39 is 23.6 Å². The van der Waals surface area contributed by atoms with E-state index in [-0.39, 0.29) is 23.8 Å². The van der Waals surface area contributed by atoms with E-state index in [0.29, 0.717) is 0 Å². The molecule has 3 aromatic rings. The first-order valence-corrected chi connectivity index (χ1v) is 7.22. The monoisotopic (exact) mass is 372 g/mol. The van der Waals surface area contributed by atoms with Crippen LogP contribution in [-0.2, 0) is 18.9 Å². The Bertz CT molecular complexity index is 882. The number of rotatable bonds is 3. The zero-order chi connectivity index (χ0) is 18.9. The van der Waals surface area contributed by atoms with Crippen LogP contribution in [0.4, 0.5) is 26.3 Å². The molecule has 0 bridgehead atoms. The van der Waals surface area contributed by atoms with Gasteiger partial charge in [-0.3, -0.25) is 0 Å². The molecule has 1 aromatic carbocycles.